The number of hydrogen-bond acceptors (Lipinski definition) is 8. The van der Waals surface area contributed by atoms with Gasteiger partial charge in [-0.1, -0.05) is 274 Å². The van der Waals surface area contributed by atoms with Crippen LogP contribution in [0, 0.1) is 0 Å². The topological polar surface area (TPSA) is 111 Å². The predicted molar refractivity (Wildman–Crippen MR) is 370 cm³/mol. The molecule has 0 bridgehead atoms. The second kappa shape index (κ2) is 66.6. The highest BCUT2D eigenvalue weighted by Gasteiger charge is 2.22. The summed E-state index contributed by atoms with van der Waals surface area (Å²) < 4.78 is 22.7. The lowest BCUT2D eigenvalue weighted by Crippen LogP contribution is -2.44. The molecule has 490 valence electrons. The Bertz CT molecular complexity index is 2030. The highest BCUT2D eigenvalue weighted by molar-refractivity contribution is 5.70. The summed E-state index contributed by atoms with van der Waals surface area (Å²) in [5.41, 5.74) is 0. The fourth-order valence-electron chi connectivity index (χ4n) is 8.79. The lowest BCUT2D eigenvalue weighted by Gasteiger charge is -2.26. The first-order chi connectivity index (χ1) is 42.6. The van der Waals surface area contributed by atoms with E-state index in [2.05, 4.69) is 184 Å². The molecule has 0 aliphatic carbocycles. The molecule has 0 spiro atoms. The van der Waals surface area contributed by atoms with Crippen LogP contribution in [0.25, 0.3) is 0 Å². The number of allylic oxidation sites excluding steroid dienone is 28. The van der Waals surface area contributed by atoms with Crippen LogP contribution in [0.3, 0.4) is 0 Å². The first-order valence-electron chi connectivity index (χ1n) is 34.3. The molecule has 0 aliphatic rings. The summed E-state index contributed by atoms with van der Waals surface area (Å²) in [5.74, 6) is -2.31. The normalized spacial score (nSPS) is 13.8. The molecule has 0 N–H and O–H groups in total. The van der Waals surface area contributed by atoms with Gasteiger partial charge < -0.3 is 33.3 Å². The molecule has 0 radical (unpaired) electrons. The third kappa shape index (κ3) is 68.0. The minimum atomic E-state index is -1.64. The molecular weight excluding hydrogens is 1080 g/mol. The van der Waals surface area contributed by atoms with Gasteiger partial charge in [-0.05, 0) is 128 Å². The van der Waals surface area contributed by atoms with Gasteiger partial charge in [-0.2, -0.15) is 0 Å². The lowest BCUT2D eigenvalue weighted by atomic mass is 10.0. The van der Waals surface area contributed by atoms with Gasteiger partial charge in [-0.25, -0.2) is 0 Å². The van der Waals surface area contributed by atoms with E-state index in [1.807, 2.05) is 21.1 Å². The van der Waals surface area contributed by atoms with E-state index in [1.165, 1.54) is 64.2 Å². The highest BCUT2D eigenvalue weighted by Crippen LogP contribution is 2.15. The third-order valence-electron chi connectivity index (χ3n) is 14.0. The van der Waals surface area contributed by atoms with E-state index in [4.69, 9.17) is 18.9 Å². The fraction of sp³-hybridized carbons (Fsp3) is 0.603. The Morgan fingerprint density at radius 2 is 0.621 bits per heavy atom. The number of carboxylic acids is 1. The van der Waals surface area contributed by atoms with Gasteiger partial charge in [-0.15, -0.1) is 0 Å². The van der Waals surface area contributed by atoms with E-state index in [0.717, 1.165) is 148 Å². The van der Waals surface area contributed by atoms with Crippen molar-refractivity contribution in [3.05, 3.63) is 170 Å². The molecule has 0 aliphatic heterocycles. The smallest absolute Gasteiger partial charge is 0.306 e. The molecule has 0 fully saturated rings. The van der Waals surface area contributed by atoms with Crippen LogP contribution in [0.2, 0.25) is 0 Å². The van der Waals surface area contributed by atoms with Crippen LogP contribution in [0.4, 0.5) is 0 Å². The lowest BCUT2D eigenvalue weighted by molar-refractivity contribution is -0.870. The van der Waals surface area contributed by atoms with Crippen LogP contribution in [0.5, 0.6) is 0 Å². The number of hydrogen-bond donors (Lipinski definition) is 0. The van der Waals surface area contributed by atoms with Crippen molar-refractivity contribution in [1.82, 2.24) is 0 Å². The number of aliphatic carboxylic acids is 1. The highest BCUT2D eigenvalue weighted by atomic mass is 16.7. The Kier molecular flexibility index (Phi) is 62.5. The molecule has 2 atom stereocenters. The van der Waals surface area contributed by atoms with Gasteiger partial charge in [0.05, 0.1) is 40.3 Å². The predicted octanol–water partition coefficient (Wildman–Crippen LogP) is 20.1. The van der Waals surface area contributed by atoms with Crippen LogP contribution in [-0.4, -0.2) is 82.3 Å². The van der Waals surface area contributed by atoms with E-state index in [-0.39, 0.29) is 38.6 Å². The van der Waals surface area contributed by atoms with E-state index in [1.54, 1.807) is 0 Å². The first kappa shape index (κ1) is 81.7. The number of nitrogens with zero attached hydrogens (tertiary/aromatic N) is 1. The number of carbonyl (C=O) groups is 3. The molecule has 0 saturated heterocycles. The van der Waals surface area contributed by atoms with Gasteiger partial charge in [-0.3, -0.25) is 9.59 Å². The molecule has 0 saturated carbocycles. The van der Waals surface area contributed by atoms with Crippen molar-refractivity contribution < 1.29 is 42.9 Å². The van der Waals surface area contributed by atoms with Gasteiger partial charge in [0, 0.05) is 12.8 Å². The van der Waals surface area contributed by atoms with Gasteiger partial charge in [0.25, 0.3) is 0 Å². The second-order valence-corrected chi connectivity index (χ2v) is 23.3. The molecule has 0 rings (SSSR count). The Morgan fingerprint density at radius 1 is 0.345 bits per heavy atom. The summed E-state index contributed by atoms with van der Waals surface area (Å²) in [4.78, 5) is 37.4. The van der Waals surface area contributed by atoms with Crippen LogP contribution < -0.4 is 5.11 Å². The van der Waals surface area contributed by atoms with Crippen LogP contribution in [0.1, 0.15) is 245 Å². The van der Waals surface area contributed by atoms with Crippen molar-refractivity contribution >= 4 is 17.9 Å². The number of carboxylic acid groups (broad SMARTS) is 1. The summed E-state index contributed by atoms with van der Waals surface area (Å²) in [6.07, 6.45) is 97.1. The summed E-state index contributed by atoms with van der Waals surface area (Å²) in [5, 5.41) is 11.8. The maximum absolute atomic E-state index is 12.9. The molecule has 9 nitrogen and oxygen atoms in total. The van der Waals surface area contributed by atoms with Crippen molar-refractivity contribution in [1.29, 1.82) is 0 Å². The van der Waals surface area contributed by atoms with Crippen LogP contribution in [0.15, 0.2) is 170 Å². The molecule has 87 heavy (non-hydrogen) atoms. The number of esters is 2. The van der Waals surface area contributed by atoms with Crippen molar-refractivity contribution in [2.75, 3.05) is 47.5 Å². The SMILES string of the molecule is CC/C=C\C/C=C\C/C=C\C/C=C\C/C=C\C/C=C\C/C=C\C/C=C\C/C=C\C/C=C\CCCCCCCCCCCCC(=O)OC(COC(=O)CCCCCCCCCC/C=C\C/C=C\C/C=C\C/C=C\CC)COC(OCC[N+](C)(C)C)C(=O)[O-]. The molecule has 0 aromatic heterocycles. The summed E-state index contributed by atoms with van der Waals surface area (Å²) in [7, 11) is 5.91. The standard InChI is InChI=1S/C78H125NO8/c1-6-8-10-12-14-16-18-20-22-24-26-28-29-30-31-32-33-34-35-36-37-38-39-40-41-42-43-44-45-46-47-49-51-53-55-57-59-61-63-65-67-69-76(81)87-74(73-86-78(77(82)83)84-71-70-79(3,4)5)72-85-75(80)68-66-64-62-60-58-56-54-52-50-48-27-25-23-21-19-17-15-13-11-9-7-2/h8-11,14-17,20-23,26-28,30-31,33-34,36-37,39-40,42-43,45-46,48,74,78H,6-7,12-13,18-19,24-25,29,32,35,38,41,44,47,49-73H2,1-5H3/b10-8-,11-9-,16-14-,17-15-,22-20-,23-21-,28-26-,31-30-,34-33-,37-36-,40-39-,43-42-,46-45-,48-27-. The zero-order valence-electron chi connectivity index (χ0n) is 55.8. The van der Waals surface area contributed by atoms with Gasteiger partial charge in [0.1, 0.15) is 13.2 Å². The number of likely N-dealkylation sites (N-methyl/N-ethyl adjacent to an activating group) is 1. The Balaban J connectivity index is 4.17. The molecule has 2 unspecified atom stereocenters. The molecule has 0 heterocycles. The molecule has 0 aromatic rings. The second-order valence-electron chi connectivity index (χ2n) is 23.3. The van der Waals surface area contributed by atoms with Crippen LogP contribution >= 0.6 is 0 Å². The third-order valence-corrected chi connectivity index (χ3v) is 14.0. The largest absolute Gasteiger partial charge is 0.545 e. The summed E-state index contributed by atoms with van der Waals surface area (Å²) in [6.45, 7) is 4.49. The quantitative estimate of drug-likeness (QED) is 0.0195. The maximum atomic E-state index is 12.9. The van der Waals surface area contributed by atoms with Gasteiger partial charge in [0.2, 0.25) is 0 Å². The molecule has 0 aromatic carbocycles. The van der Waals surface area contributed by atoms with E-state index in [0.29, 0.717) is 17.4 Å². The zero-order chi connectivity index (χ0) is 63.3. The minimum Gasteiger partial charge on any atom is -0.545 e. The van der Waals surface area contributed by atoms with Crippen molar-refractivity contribution in [2.45, 2.75) is 257 Å². The number of ether oxygens (including phenoxy) is 4. The van der Waals surface area contributed by atoms with Crippen molar-refractivity contribution in [3.8, 4) is 0 Å². The van der Waals surface area contributed by atoms with E-state index < -0.39 is 24.3 Å². The fourth-order valence-corrected chi connectivity index (χ4v) is 8.79. The maximum Gasteiger partial charge on any atom is 0.306 e. The average molecular weight is 1200 g/mol. The number of rotatable bonds is 61. The van der Waals surface area contributed by atoms with Gasteiger partial charge in [0.15, 0.2) is 12.4 Å². The monoisotopic (exact) mass is 1200 g/mol. The summed E-state index contributed by atoms with van der Waals surface area (Å²) >= 11 is 0. The zero-order valence-corrected chi connectivity index (χ0v) is 55.8. The summed E-state index contributed by atoms with van der Waals surface area (Å²) in [6, 6.07) is 0. The average Bonchev–Trinajstić information content (AvgIpc) is 3.59. The number of unbranched alkanes of at least 4 members (excludes halogenated alkanes) is 18. The van der Waals surface area contributed by atoms with Gasteiger partial charge >= 0.3 is 11.9 Å². The Labute approximate surface area is 533 Å². The number of carbonyl (C=O) groups excluding carboxylic acids is 3. The Hall–Kier alpha value is -5.35. The molecular formula is C78H125NO8. The van der Waals surface area contributed by atoms with E-state index in [9.17, 15) is 19.5 Å². The number of quaternary nitrogens is 1. The minimum absolute atomic E-state index is 0.137. The van der Waals surface area contributed by atoms with Crippen molar-refractivity contribution in [3.63, 3.8) is 0 Å². The van der Waals surface area contributed by atoms with Crippen LogP contribution in [-0.2, 0) is 33.3 Å². The Morgan fingerprint density at radius 3 is 0.920 bits per heavy atom. The molecule has 0 amide bonds. The van der Waals surface area contributed by atoms with E-state index >= 15 is 0 Å². The van der Waals surface area contributed by atoms with Crippen molar-refractivity contribution in [2.24, 2.45) is 0 Å². The first-order valence-corrected chi connectivity index (χ1v) is 34.3. The molecule has 9 heteroatoms.